The number of rotatable bonds is 3. The normalized spacial score (nSPS) is 21.2. The molecule has 10 heavy (non-hydrogen) atoms. The second-order valence-electron chi connectivity index (χ2n) is 3.65. The zero-order valence-corrected chi connectivity index (χ0v) is 7.11. The van der Waals surface area contributed by atoms with Crippen LogP contribution in [-0.4, -0.2) is 5.78 Å². The van der Waals surface area contributed by atoms with E-state index >= 15 is 0 Å². The van der Waals surface area contributed by atoms with Gasteiger partial charge in [-0.25, -0.2) is 0 Å². The summed E-state index contributed by atoms with van der Waals surface area (Å²) in [6.45, 7) is 6.11. The first kappa shape index (κ1) is 7.77. The summed E-state index contributed by atoms with van der Waals surface area (Å²) in [6, 6.07) is 0. The SMILES string of the molecule is CCC1(C(=O)C(C)C)CC1. The molecule has 1 fully saturated rings. The van der Waals surface area contributed by atoms with Crippen LogP contribution in [0.3, 0.4) is 0 Å². The van der Waals surface area contributed by atoms with Gasteiger partial charge in [-0.1, -0.05) is 20.8 Å². The van der Waals surface area contributed by atoms with Gasteiger partial charge in [0.2, 0.25) is 0 Å². The molecule has 58 valence electrons. The number of carbonyl (C=O) groups is 1. The molecule has 0 unspecified atom stereocenters. The van der Waals surface area contributed by atoms with Crippen LogP contribution in [-0.2, 0) is 4.79 Å². The molecule has 0 spiro atoms. The molecular formula is C9H16O. The lowest BCUT2D eigenvalue weighted by Gasteiger charge is -2.12. The Hall–Kier alpha value is -0.330. The van der Waals surface area contributed by atoms with Gasteiger partial charge in [0.15, 0.2) is 0 Å². The van der Waals surface area contributed by atoms with Gasteiger partial charge < -0.3 is 0 Å². The predicted octanol–water partition coefficient (Wildman–Crippen LogP) is 2.40. The van der Waals surface area contributed by atoms with Crippen LogP contribution >= 0.6 is 0 Å². The van der Waals surface area contributed by atoms with E-state index in [1.165, 1.54) is 0 Å². The van der Waals surface area contributed by atoms with Gasteiger partial charge in [-0.3, -0.25) is 4.79 Å². The molecule has 0 aromatic heterocycles. The molecule has 0 aromatic rings. The first-order valence-corrected chi connectivity index (χ1v) is 4.17. The second kappa shape index (κ2) is 2.37. The van der Waals surface area contributed by atoms with Crippen molar-refractivity contribution in [3.8, 4) is 0 Å². The Morgan fingerprint density at radius 2 is 2.00 bits per heavy atom. The lowest BCUT2D eigenvalue weighted by molar-refractivity contribution is -0.127. The van der Waals surface area contributed by atoms with Crippen molar-refractivity contribution in [2.75, 3.05) is 0 Å². The maximum absolute atomic E-state index is 11.5. The summed E-state index contributed by atoms with van der Waals surface area (Å²) in [5.41, 5.74) is 0.133. The highest BCUT2D eigenvalue weighted by Crippen LogP contribution is 2.50. The molecule has 1 nitrogen and oxygen atoms in total. The van der Waals surface area contributed by atoms with Crippen LogP contribution in [0.15, 0.2) is 0 Å². The highest BCUT2D eigenvalue weighted by Gasteiger charge is 2.47. The average Bonchev–Trinajstić information content (AvgIpc) is 2.66. The molecule has 0 atom stereocenters. The Morgan fingerprint density at radius 1 is 1.50 bits per heavy atom. The minimum Gasteiger partial charge on any atom is -0.299 e. The minimum atomic E-state index is 0.133. The highest BCUT2D eigenvalue weighted by atomic mass is 16.1. The molecule has 1 aliphatic carbocycles. The lowest BCUT2D eigenvalue weighted by Crippen LogP contribution is -2.20. The first-order chi connectivity index (χ1) is 4.62. The van der Waals surface area contributed by atoms with Crippen molar-refractivity contribution < 1.29 is 4.79 Å². The molecule has 0 bridgehead atoms. The summed E-state index contributed by atoms with van der Waals surface area (Å²) in [6.07, 6.45) is 3.32. The van der Waals surface area contributed by atoms with Crippen molar-refractivity contribution >= 4 is 5.78 Å². The zero-order chi connectivity index (χ0) is 7.78. The Balaban J connectivity index is 2.56. The van der Waals surface area contributed by atoms with Crippen molar-refractivity contribution in [1.29, 1.82) is 0 Å². The molecule has 1 rings (SSSR count). The molecule has 0 aromatic carbocycles. The fourth-order valence-electron chi connectivity index (χ4n) is 1.54. The van der Waals surface area contributed by atoms with Gasteiger partial charge in [0.1, 0.15) is 5.78 Å². The summed E-state index contributed by atoms with van der Waals surface area (Å²) < 4.78 is 0. The van der Waals surface area contributed by atoms with Gasteiger partial charge in [0.25, 0.3) is 0 Å². The molecule has 1 heteroatoms. The largest absolute Gasteiger partial charge is 0.299 e. The van der Waals surface area contributed by atoms with E-state index in [4.69, 9.17) is 0 Å². The Morgan fingerprint density at radius 3 is 2.10 bits per heavy atom. The van der Waals surface area contributed by atoms with E-state index in [1.807, 2.05) is 13.8 Å². The van der Waals surface area contributed by atoms with Gasteiger partial charge in [0.05, 0.1) is 0 Å². The quantitative estimate of drug-likeness (QED) is 0.588. The maximum Gasteiger partial charge on any atom is 0.141 e. The Labute approximate surface area is 62.8 Å². The van der Waals surface area contributed by atoms with Crippen molar-refractivity contribution in [2.24, 2.45) is 11.3 Å². The standard InChI is InChI=1S/C9H16O/c1-4-9(5-6-9)8(10)7(2)3/h7H,4-6H2,1-3H3. The van der Waals surface area contributed by atoms with Gasteiger partial charge in [-0.15, -0.1) is 0 Å². The number of hydrogen-bond acceptors (Lipinski definition) is 1. The highest BCUT2D eigenvalue weighted by molar-refractivity contribution is 5.88. The summed E-state index contributed by atoms with van der Waals surface area (Å²) in [5, 5.41) is 0. The maximum atomic E-state index is 11.5. The molecule has 0 saturated heterocycles. The molecule has 1 aliphatic rings. The van der Waals surface area contributed by atoms with Crippen molar-refractivity contribution in [1.82, 2.24) is 0 Å². The first-order valence-electron chi connectivity index (χ1n) is 4.17. The van der Waals surface area contributed by atoms with Crippen LogP contribution in [0.5, 0.6) is 0 Å². The summed E-state index contributed by atoms with van der Waals surface area (Å²) in [5.74, 6) is 0.720. The van der Waals surface area contributed by atoms with E-state index in [1.54, 1.807) is 0 Å². The van der Waals surface area contributed by atoms with Crippen molar-refractivity contribution in [2.45, 2.75) is 40.0 Å². The third-order valence-corrected chi connectivity index (χ3v) is 2.58. The van der Waals surface area contributed by atoms with Crippen LogP contribution in [0, 0.1) is 11.3 Å². The Kier molecular flexibility index (Phi) is 1.84. The van der Waals surface area contributed by atoms with Crippen LogP contribution in [0.1, 0.15) is 40.0 Å². The summed E-state index contributed by atoms with van der Waals surface area (Å²) in [7, 11) is 0. The van der Waals surface area contributed by atoms with Crippen LogP contribution in [0.2, 0.25) is 0 Å². The minimum absolute atomic E-state index is 0.133. The van der Waals surface area contributed by atoms with Crippen LogP contribution < -0.4 is 0 Å². The lowest BCUT2D eigenvalue weighted by atomic mass is 9.90. The van der Waals surface area contributed by atoms with Gasteiger partial charge in [-0.2, -0.15) is 0 Å². The number of ketones is 1. The molecule has 0 heterocycles. The van der Waals surface area contributed by atoms with Gasteiger partial charge >= 0.3 is 0 Å². The van der Waals surface area contributed by atoms with E-state index < -0.39 is 0 Å². The number of hydrogen-bond donors (Lipinski definition) is 0. The molecule has 0 aliphatic heterocycles. The molecular weight excluding hydrogens is 124 g/mol. The molecule has 0 amide bonds. The Bertz CT molecular complexity index is 143. The van der Waals surface area contributed by atoms with Crippen molar-refractivity contribution in [3.05, 3.63) is 0 Å². The molecule has 1 saturated carbocycles. The third-order valence-electron chi connectivity index (χ3n) is 2.58. The molecule has 0 radical (unpaired) electrons. The fraction of sp³-hybridized carbons (Fsp3) is 0.889. The average molecular weight is 140 g/mol. The van der Waals surface area contributed by atoms with Crippen LogP contribution in [0.4, 0.5) is 0 Å². The van der Waals surface area contributed by atoms with E-state index in [0.717, 1.165) is 19.3 Å². The summed E-state index contributed by atoms with van der Waals surface area (Å²) >= 11 is 0. The van der Waals surface area contributed by atoms with Gasteiger partial charge in [-0.05, 0) is 19.3 Å². The van der Waals surface area contributed by atoms with E-state index in [9.17, 15) is 4.79 Å². The third kappa shape index (κ3) is 1.09. The van der Waals surface area contributed by atoms with E-state index in [-0.39, 0.29) is 11.3 Å². The van der Waals surface area contributed by atoms with E-state index in [2.05, 4.69) is 6.92 Å². The molecule has 0 N–H and O–H groups in total. The predicted molar refractivity (Wildman–Crippen MR) is 41.8 cm³/mol. The topological polar surface area (TPSA) is 17.1 Å². The summed E-state index contributed by atoms with van der Waals surface area (Å²) in [4.78, 5) is 11.5. The van der Waals surface area contributed by atoms with Crippen LogP contribution in [0.25, 0.3) is 0 Å². The number of Topliss-reactive ketones (excluding diaryl/α,β-unsaturated/α-hetero) is 1. The second-order valence-corrected chi connectivity index (χ2v) is 3.65. The fourth-order valence-corrected chi connectivity index (χ4v) is 1.54. The zero-order valence-electron chi connectivity index (χ0n) is 7.11. The number of carbonyl (C=O) groups excluding carboxylic acids is 1. The van der Waals surface area contributed by atoms with Crippen molar-refractivity contribution in [3.63, 3.8) is 0 Å². The monoisotopic (exact) mass is 140 g/mol. The van der Waals surface area contributed by atoms with E-state index in [0.29, 0.717) is 5.78 Å². The smallest absolute Gasteiger partial charge is 0.141 e. The van der Waals surface area contributed by atoms with Gasteiger partial charge in [0, 0.05) is 11.3 Å².